The number of nitriles is 1. The highest BCUT2D eigenvalue weighted by molar-refractivity contribution is 7.81. The highest BCUT2D eigenvalue weighted by Gasteiger charge is 2.31. The minimum Gasteiger partial charge on any atom is -0.344 e. The normalized spacial score (nSPS) is 20.2. The number of thiol groups is 1. The maximum atomic E-state index is 11.7. The van der Waals surface area contributed by atoms with E-state index in [9.17, 15) is 4.79 Å². The Morgan fingerprint density at radius 1 is 1.56 bits per heavy atom. The van der Waals surface area contributed by atoms with Crippen LogP contribution in [0, 0.1) is 25.2 Å². The van der Waals surface area contributed by atoms with Gasteiger partial charge in [-0.25, -0.2) is 0 Å². The lowest BCUT2D eigenvalue weighted by Crippen LogP contribution is -2.25. The molecular formula is C11H13N3OS. The van der Waals surface area contributed by atoms with E-state index in [1.807, 2.05) is 13.8 Å². The van der Waals surface area contributed by atoms with Crippen molar-refractivity contribution < 1.29 is 4.79 Å². The zero-order chi connectivity index (χ0) is 11.9. The van der Waals surface area contributed by atoms with Crippen LogP contribution in [-0.2, 0) is 4.79 Å². The van der Waals surface area contributed by atoms with Crippen molar-refractivity contribution in [3.8, 4) is 6.07 Å². The molecule has 2 heterocycles. The van der Waals surface area contributed by atoms with Gasteiger partial charge in [0.15, 0.2) is 0 Å². The van der Waals surface area contributed by atoms with Crippen LogP contribution in [0.5, 0.6) is 0 Å². The number of nitrogens with zero attached hydrogens (tertiary/aromatic N) is 2. The van der Waals surface area contributed by atoms with Gasteiger partial charge in [-0.05, 0) is 19.4 Å². The quantitative estimate of drug-likeness (QED) is 0.725. The van der Waals surface area contributed by atoms with Crippen molar-refractivity contribution in [1.82, 2.24) is 4.98 Å². The molecule has 1 aliphatic rings. The van der Waals surface area contributed by atoms with Crippen molar-refractivity contribution in [2.45, 2.75) is 25.5 Å². The minimum atomic E-state index is 0.0257. The summed E-state index contributed by atoms with van der Waals surface area (Å²) in [6, 6.07) is 2.15. The molecule has 1 amide bonds. The van der Waals surface area contributed by atoms with Crippen molar-refractivity contribution in [2.75, 3.05) is 11.4 Å². The number of H-pyrrole nitrogens is 1. The number of aryl methyl sites for hydroxylation is 1. The Hall–Kier alpha value is -1.41. The van der Waals surface area contributed by atoms with E-state index in [-0.39, 0.29) is 11.2 Å². The second-order valence-corrected chi connectivity index (χ2v) is 4.80. The van der Waals surface area contributed by atoms with E-state index < -0.39 is 0 Å². The number of nitrogens with one attached hydrogen (secondary N) is 1. The van der Waals surface area contributed by atoms with E-state index in [1.54, 1.807) is 4.90 Å². The molecule has 16 heavy (non-hydrogen) atoms. The van der Waals surface area contributed by atoms with Gasteiger partial charge in [0.05, 0.1) is 5.56 Å². The van der Waals surface area contributed by atoms with Crippen LogP contribution in [0.2, 0.25) is 0 Å². The first-order valence-electron chi connectivity index (χ1n) is 5.12. The SMILES string of the molecule is Cc1[nH]c(N2CC(S)CC2=O)c(C#N)c1C. The van der Waals surface area contributed by atoms with Gasteiger partial charge in [-0.2, -0.15) is 17.9 Å². The molecule has 1 aliphatic heterocycles. The van der Waals surface area contributed by atoms with Gasteiger partial charge >= 0.3 is 0 Å². The Bertz CT molecular complexity index is 486. The molecule has 0 aliphatic carbocycles. The first-order chi connectivity index (χ1) is 7.54. The van der Waals surface area contributed by atoms with Crippen molar-refractivity contribution in [3.63, 3.8) is 0 Å². The predicted octanol–water partition coefficient (Wildman–Crippen LogP) is 1.54. The van der Waals surface area contributed by atoms with Crippen molar-refractivity contribution >= 4 is 24.4 Å². The largest absolute Gasteiger partial charge is 0.344 e. The summed E-state index contributed by atoms with van der Waals surface area (Å²) in [5.41, 5.74) is 2.41. The first-order valence-corrected chi connectivity index (χ1v) is 5.64. The number of rotatable bonds is 1. The van der Waals surface area contributed by atoms with Crippen LogP contribution in [-0.4, -0.2) is 22.7 Å². The first kappa shape index (κ1) is 11.1. The number of amides is 1. The van der Waals surface area contributed by atoms with Crippen molar-refractivity contribution in [3.05, 3.63) is 16.8 Å². The molecule has 4 nitrogen and oxygen atoms in total. The number of hydrogen-bond acceptors (Lipinski definition) is 3. The molecule has 1 saturated heterocycles. The fraction of sp³-hybridized carbons (Fsp3) is 0.455. The Morgan fingerprint density at radius 2 is 2.25 bits per heavy atom. The summed E-state index contributed by atoms with van der Waals surface area (Å²) in [4.78, 5) is 16.4. The summed E-state index contributed by atoms with van der Waals surface area (Å²) in [6.45, 7) is 4.35. The number of anilines is 1. The van der Waals surface area contributed by atoms with Gasteiger partial charge in [0.2, 0.25) is 5.91 Å². The molecule has 5 heteroatoms. The zero-order valence-electron chi connectivity index (χ0n) is 9.24. The van der Waals surface area contributed by atoms with E-state index in [2.05, 4.69) is 23.7 Å². The second kappa shape index (κ2) is 3.87. The van der Waals surface area contributed by atoms with E-state index in [4.69, 9.17) is 5.26 Å². The molecule has 0 aromatic carbocycles. The maximum Gasteiger partial charge on any atom is 0.229 e. The lowest BCUT2D eigenvalue weighted by atomic mass is 10.2. The fourth-order valence-electron chi connectivity index (χ4n) is 1.94. The number of hydrogen-bond donors (Lipinski definition) is 2. The smallest absolute Gasteiger partial charge is 0.229 e. The monoisotopic (exact) mass is 235 g/mol. The van der Waals surface area contributed by atoms with Gasteiger partial charge in [0.25, 0.3) is 0 Å². The summed E-state index contributed by atoms with van der Waals surface area (Å²) in [5.74, 6) is 0.650. The number of aromatic nitrogens is 1. The molecular weight excluding hydrogens is 222 g/mol. The van der Waals surface area contributed by atoms with Gasteiger partial charge in [-0.1, -0.05) is 0 Å². The Morgan fingerprint density at radius 3 is 2.75 bits per heavy atom. The molecule has 0 spiro atoms. The van der Waals surface area contributed by atoms with Crippen LogP contribution in [0.15, 0.2) is 0 Å². The van der Waals surface area contributed by atoms with Gasteiger partial charge in [-0.3, -0.25) is 9.69 Å². The predicted molar refractivity (Wildman–Crippen MR) is 64.7 cm³/mol. The third kappa shape index (κ3) is 1.59. The molecule has 0 bridgehead atoms. The summed E-state index contributed by atoms with van der Waals surface area (Å²) in [7, 11) is 0. The summed E-state index contributed by atoms with van der Waals surface area (Å²) < 4.78 is 0. The molecule has 1 aromatic rings. The van der Waals surface area contributed by atoms with Crippen LogP contribution in [0.25, 0.3) is 0 Å². The van der Waals surface area contributed by atoms with Crippen molar-refractivity contribution in [2.24, 2.45) is 0 Å². The minimum absolute atomic E-state index is 0.0257. The number of aromatic amines is 1. The van der Waals surface area contributed by atoms with Crippen LogP contribution < -0.4 is 4.90 Å². The lowest BCUT2D eigenvalue weighted by Gasteiger charge is -2.14. The average molecular weight is 235 g/mol. The summed E-state index contributed by atoms with van der Waals surface area (Å²) >= 11 is 4.30. The molecule has 1 fully saturated rings. The standard InChI is InChI=1S/C11H13N3OS/c1-6-7(2)13-11(9(6)4-12)14-5-8(16)3-10(14)15/h8,13,16H,3,5H2,1-2H3. The molecule has 1 aromatic heterocycles. The molecule has 1 unspecified atom stereocenters. The third-order valence-electron chi connectivity index (χ3n) is 2.97. The van der Waals surface area contributed by atoms with Gasteiger partial charge < -0.3 is 4.98 Å². The highest BCUT2D eigenvalue weighted by Crippen LogP contribution is 2.29. The molecule has 1 atom stereocenters. The van der Waals surface area contributed by atoms with E-state index in [0.717, 1.165) is 11.3 Å². The molecule has 1 N–H and O–H groups in total. The van der Waals surface area contributed by atoms with Crippen LogP contribution in [0.4, 0.5) is 5.82 Å². The van der Waals surface area contributed by atoms with Crippen LogP contribution in [0.1, 0.15) is 23.2 Å². The van der Waals surface area contributed by atoms with Crippen molar-refractivity contribution in [1.29, 1.82) is 5.26 Å². The topological polar surface area (TPSA) is 59.9 Å². The van der Waals surface area contributed by atoms with Crippen LogP contribution >= 0.6 is 12.6 Å². The number of carbonyl (C=O) groups excluding carboxylic acids is 1. The zero-order valence-corrected chi connectivity index (χ0v) is 10.1. The van der Waals surface area contributed by atoms with Gasteiger partial charge in [-0.15, -0.1) is 0 Å². The van der Waals surface area contributed by atoms with Crippen LogP contribution in [0.3, 0.4) is 0 Å². The summed E-state index contributed by atoms with van der Waals surface area (Å²) in [6.07, 6.45) is 0.436. The second-order valence-electron chi connectivity index (χ2n) is 4.07. The van der Waals surface area contributed by atoms with E-state index >= 15 is 0 Å². The van der Waals surface area contributed by atoms with Gasteiger partial charge in [0.1, 0.15) is 11.9 Å². The Balaban J connectivity index is 2.46. The molecule has 2 rings (SSSR count). The Kier molecular flexibility index (Phi) is 2.68. The van der Waals surface area contributed by atoms with E-state index in [0.29, 0.717) is 24.3 Å². The molecule has 0 radical (unpaired) electrons. The summed E-state index contributed by atoms with van der Waals surface area (Å²) in [5, 5.41) is 9.16. The number of carbonyl (C=O) groups is 1. The van der Waals surface area contributed by atoms with Gasteiger partial charge in [0, 0.05) is 23.9 Å². The lowest BCUT2D eigenvalue weighted by molar-refractivity contribution is -0.117. The maximum absolute atomic E-state index is 11.7. The van der Waals surface area contributed by atoms with E-state index in [1.165, 1.54) is 0 Å². The fourth-order valence-corrected chi connectivity index (χ4v) is 2.26. The highest BCUT2D eigenvalue weighted by atomic mass is 32.1. The third-order valence-corrected chi connectivity index (χ3v) is 3.31. The Labute approximate surface area is 99.7 Å². The molecule has 0 saturated carbocycles. The molecule has 84 valence electrons. The average Bonchev–Trinajstić information content (AvgIpc) is 2.69.